The minimum atomic E-state index is -0.294. The third kappa shape index (κ3) is 2.28. The summed E-state index contributed by atoms with van der Waals surface area (Å²) >= 11 is 6.77. The quantitative estimate of drug-likeness (QED) is 0.622. The van der Waals surface area contributed by atoms with Crippen LogP contribution >= 0.6 is 22.9 Å². The van der Waals surface area contributed by atoms with Crippen LogP contribution in [0.2, 0.25) is 0 Å². The number of benzene rings is 1. The molecule has 0 atom stereocenters. The van der Waals surface area contributed by atoms with Crippen LogP contribution in [0.5, 0.6) is 0 Å². The predicted octanol–water partition coefficient (Wildman–Crippen LogP) is 3.37. The number of Topliss-reactive ketones (excluding diaryl/α,β-unsaturated/α-hetero) is 1. The lowest BCUT2D eigenvalue weighted by molar-refractivity contribution is 0.101. The van der Waals surface area contributed by atoms with E-state index in [1.807, 2.05) is 0 Å². The predicted molar refractivity (Wildman–Crippen MR) is 62.6 cm³/mol. The van der Waals surface area contributed by atoms with Crippen LogP contribution in [0.15, 0.2) is 29.6 Å². The van der Waals surface area contributed by atoms with Gasteiger partial charge in [0.15, 0.2) is 5.78 Å². The standard InChI is InChI=1S/C11H7ClFNOS/c12-5-10(15)9-6-16-11(14-9)7-1-3-8(13)4-2-7/h1-4,6H,5H2. The summed E-state index contributed by atoms with van der Waals surface area (Å²) in [5.41, 5.74) is 1.15. The molecular weight excluding hydrogens is 249 g/mol. The van der Waals surface area contributed by atoms with Crippen molar-refractivity contribution in [2.24, 2.45) is 0 Å². The van der Waals surface area contributed by atoms with Crippen LogP contribution < -0.4 is 0 Å². The van der Waals surface area contributed by atoms with E-state index in [-0.39, 0.29) is 17.5 Å². The summed E-state index contributed by atoms with van der Waals surface area (Å²) in [4.78, 5) is 15.4. The maximum Gasteiger partial charge on any atom is 0.196 e. The van der Waals surface area contributed by atoms with Crippen molar-refractivity contribution in [1.29, 1.82) is 0 Å². The third-order valence-corrected chi connectivity index (χ3v) is 3.14. The van der Waals surface area contributed by atoms with E-state index in [1.165, 1.54) is 23.5 Å². The molecule has 0 radical (unpaired) electrons. The van der Waals surface area contributed by atoms with Gasteiger partial charge in [-0.3, -0.25) is 4.79 Å². The Hall–Kier alpha value is -1.26. The molecule has 0 fully saturated rings. The minimum Gasteiger partial charge on any atom is -0.291 e. The first-order valence-corrected chi connectivity index (χ1v) is 5.93. The number of nitrogens with zero attached hydrogens (tertiary/aromatic N) is 1. The van der Waals surface area contributed by atoms with Gasteiger partial charge in [0.05, 0.1) is 5.88 Å². The first-order valence-electron chi connectivity index (χ1n) is 4.51. The minimum absolute atomic E-state index is 0.0768. The number of rotatable bonds is 3. The zero-order valence-electron chi connectivity index (χ0n) is 8.11. The van der Waals surface area contributed by atoms with Gasteiger partial charge in [-0.25, -0.2) is 9.37 Å². The molecule has 1 aromatic heterocycles. The second-order valence-corrected chi connectivity index (χ2v) is 4.23. The number of alkyl halides is 1. The topological polar surface area (TPSA) is 30.0 Å². The highest BCUT2D eigenvalue weighted by molar-refractivity contribution is 7.13. The lowest BCUT2D eigenvalue weighted by Gasteiger charge is -1.94. The zero-order chi connectivity index (χ0) is 11.5. The molecule has 0 aliphatic rings. The molecule has 0 amide bonds. The maximum absolute atomic E-state index is 12.7. The first kappa shape index (κ1) is 11.2. The monoisotopic (exact) mass is 255 g/mol. The smallest absolute Gasteiger partial charge is 0.196 e. The van der Waals surface area contributed by atoms with Gasteiger partial charge in [0.2, 0.25) is 0 Å². The van der Waals surface area contributed by atoms with Gasteiger partial charge in [0.25, 0.3) is 0 Å². The van der Waals surface area contributed by atoms with Gasteiger partial charge in [-0.2, -0.15) is 0 Å². The summed E-state index contributed by atoms with van der Waals surface area (Å²) in [6, 6.07) is 5.98. The van der Waals surface area contributed by atoms with Gasteiger partial charge >= 0.3 is 0 Å². The van der Waals surface area contributed by atoms with Crippen molar-refractivity contribution < 1.29 is 9.18 Å². The number of hydrogen-bond acceptors (Lipinski definition) is 3. The van der Waals surface area contributed by atoms with Gasteiger partial charge in [0.1, 0.15) is 16.5 Å². The largest absolute Gasteiger partial charge is 0.291 e. The Morgan fingerprint density at radius 3 is 2.69 bits per heavy atom. The molecule has 1 heterocycles. The van der Waals surface area contributed by atoms with Crippen LogP contribution in [-0.4, -0.2) is 16.6 Å². The summed E-state index contributed by atoms with van der Waals surface area (Å²) in [5, 5.41) is 2.34. The summed E-state index contributed by atoms with van der Waals surface area (Å²) in [6.07, 6.45) is 0. The Morgan fingerprint density at radius 2 is 2.06 bits per heavy atom. The Morgan fingerprint density at radius 1 is 1.38 bits per heavy atom. The second-order valence-electron chi connectivity index (χ2n) is 3.10. The second kappa shape index (κ2) is 4.72. The van der Waals surface area contributed by atoms with Crippen molar-refractivity contribution in [2.45, 2.75) is 0 Å². The van der Waals surface area contributed by atoms with Gasteiger partial charge in [-0.1, -0.05) is 0 Å². The van der Waals surface area contributed by atoms with E-state index in [2.05, 4.69) is 4.98 Å². The molecule has 2 nitrogen and oxygen atoms in total. The molecule has 5 heteroatoms. The third-order valence-electron chi connectivity index (χ3n) is 2.00. The van der Waals surface area contributed by atoms with Gasteiger partial charge in [-0.05, 0) is 24.3 Å². The Bertz CT molecular complexity index is 509. The molecule has 0 unspecified atom stereocenters. The average molecular weight is 256 g/mol. The molecule has 2 aromatic rings. The van der Waals surface area contributed by atoms with E-state index >= 15 is 0 Å². The molecule has 0 aliphatic carbocycles. The van der Waals surface area contributed by atoms with E-state index in [0.717, 1.165) is 5.56 Å². The van der Waals surface area contributed by atoms with Gasteiger partial charge in [0, 0.05) is 10.9 Å². The van der Waals surface area contributed by atoms with Crippen LogP contribution in [0.3, 0.4) is 0 Å². The molecule has 0 spiro atoms. The fourth-order valence-electron chi connectivity index (χ4n) is 1.20. The SMILES string of the molecule is O=C(CCl)c1csc(-c2ccc(F)cc2)n1. The van der Waals surface area contributed by atoms with Crippen LogP contribution in [0.25, 0.3) is 10.6 Å². The summed E-state index contributed by atoms with van der Waals surface area (Å²) in [5.74, 6) is -0.573. The molecule has 0 aliphatic heterocycles. The van der Waals surface area contributed by atoms with Gasteiger partial charge < -0.3 is 0 Å². The van der Waals surface area contributed by atoms with E-state index < -0.39 is 0 Å². The molecule has 1 aromatic carbocycles. The first-order chi connectivity index (χ1) is 7.70. The van der Waals surface area contributed by atoms with E-state index in [0.29, 0.717) is 10.7 Å². The number of ketones is 1. The summed E-state index contributed by atoms with van der Waals surface area (Å²) in [7, 11) is 0. The van der Waals surface area contributed by atoms with E-state index in [1.54, 1.807) is 17.5 Å². The highest BCUT2D eigenvalue weighted by Crippen LogP contribution is 2.24. The van der Waals surface area contributed by atoms with Crippen molar-refractivity contribution in [1.82, 2.24) is 4.98 Å². The van der Waals surface area contributed by atoms with Crippen LogP contribution in [0, 0.1) is 5.82 Å². The molecule has 0 saturated carbocycles. The van der Waals surface area contributed by atoms with Crippen LogP contribution in [-0.2, 0) is 0 Å². The fraction of sp³-hybridized carbons (Fsp3) is 0.0909. The average Bonchev–Trinajstić information content (AvgIpc) is 2.78. The number of carbonyl (C=O) groups excluding carboxylic acids is 1. The molecular formula is C11H7ClFNOS. The molecule has 0 saturated heterocycles. The van der Waals surface area contributed by atoms with E-state index in [4.69, 9.17) is 11.6 Å². The van der Waals surface area contributed by atoms with Crippen molar-refractivity contribution in [2.75, 3.05) is 5.88 Å². The number of thiazole rings is 1. The molecule has 0 bridgehead atoms. The van der Waals surface area contributed by atoms with E-state index in [9.17, 15) is 9.18 Å². The number of carbonyl (C=O) groups is 1. The Balaban J connectivity index is 2.31. The molecule has 82 valence electrons. The Kier molecular flexibility index (Phi) is 3.31. The fourth-order valence-corrected chi connectivity index (χ4v) is 2.16. The number of halogens is 2. The van der Waals surface area contributed by atoms with Crippen LogP contribution in [0.1, 0.15) is 10.5 Å². The van der Waals surface area contributed by atoms with Crippen LogP contribution in [0.4, 0.5) is 4.39 Å². The molecule has 2 rings (SSSR count). The number of aromatic nitrogens is 1. The Labute approximate surface area is 101 Å². The van der Waals surface area contributed by atoms with Crippen molar-refractivity contribution in [3.8, 4) is 10.6 Å². The molecule has 0 N–H and O–H groups in total. The normalized spacial score (nSPS) is 10.4. The van der Waals surface area contributed by atoms with Crippen molar-refractivity contribution >= 4 is 28.7 Å². The summed E-state index contributed by atoms with van der Waals surface area (Å²) in [6.45, 7) is 0. The molecule has 16 heavy (non-hydrogen) atoms. The summed E-state index contributed by atoms with van der Waals surface area (Å²) < 4.78 is 12.7. The highest BCUT2D eigenvalue weighted by Gasteiger charge is 2.10. The maximum atomic E-state index is 12.7. The van der Waals surface area contributed by atoms with Crippen molar-refractivity contribution in [3.05, 3.63) is 41.2 Å². The lowest BCUT2D eigenvalue weighted by atomic mass is 10.2. The number of hydrogen-bond donors (Lipinski definition) is 0. The van der Waals surface area contributed by atoms with Crippen molar-refractivity contribution in [3.63, 3.8) is 0 Å². The zero-order valence-corrected chi connectivity index (χ0v) is 9.69. The van der Waals surface area contributed by atoms with Gasteiger partial charge in [-0.15, -0.1) is 22.9 Å². The highest BCUT2D eigenvalue weighted by atomic mass is 35.5. The lowest BCUT2D eigenvalue weighted by Crippen LogP contribution is -1.99.